The van der Waals surface area contributed by atoms with Crippen molar-refractivity contribution in [2.24, 2.45) is 23.7 Å². The molecule has 1 spiro atoms. The van der Waals surface area contributed by atoms with Crippen molar-refractivity contribution in [3.63, 3.8) is 0 Å². The summed E-state index contributed by atoms with van der Waals surface area (Å²) < 4.78 is 31.8. The highest BCUT2D eigenvalue weighted by Gasteiger charge is 2.62. The van der Waals surface area contributed by atoms with Gasteiger partial charge in [0.25, 0.3) is 0 Å². The van der Waals surface area contributed by atoms with Crippen molar-refractivity contribution in [2.45, 2.75) is 47.3 Å². The number of hydrogen-bond donors (Lipinski definition) is 0. The van der Waals surface area contributed by atoms with Crippen LogP contribution in [0, 0.1) is 23.7 Å². The summed E-state index contributed by atoms with van der Waals surface area (Å²) in [5.41, 5.74) is 12.8. The van der Waals surface area contributed by atoms with Crippen molar-refractivity contribution >= 4 is 48.7 Å². The van der Waals surface area contributed by atoms with Crippen LogP contribution in [0.5, 0.6) is 0 Å². The molecule has 4 aliphatic carbocycles. The summed E-state index contributed by atoms with van der Waals surface area (Å²) in [5, 5.41) is 2.50. The second-order valence-electron chi connectivity index (χ2n) is 18.6. The zero-order valence-electron chi connectivity index (χ0n) is 34.9. The summed E-state index contributed by atoms with van der Waals surface area (Å²) in [6.07, 6.45) is 6.04. The second-order valence-corrected chi connectivity index (χ2v) is 20.5. The molecule has 4 saturated carbocycles. The van der Waals surface area contributed by atoms with E-state index < -0.39 is 9.84 Å². The normalized spacial score (nSPS) is 22.6. The quantitative estimate of drug-likeness (QED) is 0.168. The van der Waals surface area contributed by atoms with Crippen LogP contribution in [-0.2, 0) is 15.3 Å². The average Bonchev–Trinajstić information content (AvgIpc) is 3.67. The molecule has 4 bridgehead atoms. The molecule has 4 fully saturated rings. The zero-order chi connectivity index (χ0) is 41.9. The SMILES string of the molecule is O=S1(=O)c2ccccc2C2(c3cc(N(c4ccc(-c5ccccc5)cc4)c4ccc(-c5cccc(-n6c7ccccc7c7ccccc76)c5)cc4)ccc31)C1CC3CC(C1)CC2C3. The standard InChI is InChI=1S/C58H46N2O2S/c61-63(62)56-20-9-6-17-52(56)58(44-32-38-31-39(34-44)35-45(58)33-38)53-37-49(29-30-57(53)63)59(46-25-21-41(22-26-46)40-11-2-1-3-12-40)47-27-23-42(24-28-47)43-13-10-14-48(36-43)60-54-18-7-4-15-50(54)51-16-5-8-19-55(51)60/h1-30,36-39,44-45H,31-35H2. The zero-order valence-corrected chi connectivity index (χ0v) is 35.8. The molecule has 0 unspecified atom stereocenters. The maximum Gasteiger partial charge on any atom is 0.207 e. The minimum absolute atomic E-state index is 0.325. The molecule has 5 aliphatic rings. The van der Waals surface area contributed by atoms with Gasteiger partial charge in [0, 0.05) is 38.9 Å². The lowest BCUT2D eigenvalue weighted by molar-refractivity contribution is -0.0446. The predicted octanol–water partition coefficient (Wildman–Crippen LogP) is 14.5. The van der Waals surface area contributed by atoms with Gasteiger partial charge >= 0.3 is 0 Å². The van der Waals surface area contributed by atoms with Gasteiger partial charge in [-0.15, -0.1) is 0 Å². The van der Waals surface area contributed by atoms with Crippen LogP contribution in [0.3, 0.4) is 0 Å². The van der Waals surface area contributed by atoms with E-state index in [1.807, 2.05) is 24.3 Å². The van der Waals surface area contributed by atoms with E-state index in [1.165, 1.54) is 59.5 Å². The molecule has 0 N–H and O–H groups in total. The lowest BCUT2D eigenvalue weighted by Crippen LogP contribution is -2.57. The summed E-state index contributed by atoms with van der Waals surface area (Å²) in [5.74, 6) is 2.35. The molecule has 1 aliphatic heterocycles. The number of fused-ring (bicyclic) bond motifs is 5. The molecule has 4 nitrogen and oxygen atoms in total. The molecule has 2 heterocycles. The molecule has 8 aromatic carbocycles. The number of rotatable bonds is 6. The minimum Gasteiger partial charge on any atom is -0.310 e. The largest absolute Gasteiger partial charge is 0.310 e. The van der Waals surface area contributed by atoms with Gasteiger partial charge in [0.1, 0.15) is 0 Å². The number of anilines is 3. The third kappa shape index (κ3) is 5.48. The number of benzene rings is 8. The number of hydrogen-bond acceptors (Lipinski definition) is 3. The third-order valence-corrected chi connectivity index (χ3v) is 17.3. The Bertz CT molecular complexity index is 3290. The first kappa shape index (κ1) is 36.9. The van der Waals surface area contributed by atoms with E-state index in [-0.39, 0.29) is 5.41 Å². The Balaban J connectivity index is 0.951. The van der Waals surface area contributed by atoms with Gasteiger partial charge in [-0.1, -0.05) is 121 Å². The van der Waals surface area contributed by atoms with E-state index in [0.29, 0.717) is 21.6 Å². The van der Waals surface area contributed by atoms with Crippen molar-refractivity contribution in [2.75, 3.05) is 4.90 Å². The first-order valence-corrected chi connectivity index (χ1v) is 24.1. The van der Waals surface area contributed by atoms with Crippen molar-refractivity contribution in [3.05, 3.63) is 205 Å². The highest BCUT2D eigenvalue weighted by Crippen LogP contribution is 2.68. The summed E-state index contributed by atoms with van der Waals surface area (Å²) in [6, 6.07) is 68.6. The van der Waals surface area contributed by atoms with Crippen LogP contribution in [0.2, 0.25) is 0 Å². The first-order valence-electron chi connectivity index (χ1n) is 22.6. The molecule has 0 saturated heterocycles. The Hall–Kier alpha value is -6.69. The summed E-state index contributed by atoms with van der Waals surface area (Å²) in [6.45, 7) is 0. The maximum absolute atomic E-state index is 14.7. The molecule has 9 aromatic rings. The molecule has 0 radical (unpaired) electrons. The lowest BCUT2D eigenvalue weighted by atomic mass is 9.42. The van der Waals surface area contributed by atoms with Crippen LogP contribution in [0.25, 0.3) is 49.7 Å². The van der Waals surface area contributed by atoms with E-state index in [0.717, 1.165) is 62.4 Å². The van der Waals surface area contributed by atoms with Gasteiger partial charge in [0.15, 0.2) is 0 Å². The lowest BCUT2D eigenvalue weighted by Gasteiger charge is -2.63. The Morgan fingerprint density at radius 1 is 0.429 bits per heavy atom. The van der Waals surface area contributed by atoms with Gasteiger partial charge in [0.2, 0.25) is 9.84 Å². The fourth-order valence-electron chi connectivity index (χ4n) is 13.0. The van der Waals surface area contributed by atoms with Crippen molar-refractivity contribution in [1.82, 2.24) is 4.57 Å². The van der Waals surface area contributed by atoms with Crippen molar-refractivity contribution in [1.29, 1.82) is 0 Å². The summed E-state index contributed by atoms with van der Waals surface area (Å²) in [4.78, 5) is 3.34. The maximum atomic E-state index is 14.7. The van der Waals surface area contributed by atoms with Gasteiger partial charge in [-0.25, -0.2) is 8.42 Å². The molecular formula is C58H46N2O2S. The van der Waals surface area contributed by atoms with Crippen LogP contribution in [0.15, 0.2) is 204 Å². The van der Waals surface area contributed by atoms with E-state index in [4.69, 9.17) is 0 Å². The van der Waals surface area contributed by atoms with Gasteiger partial charge in [-0.3, -0.25) is 0 Å². The van der Waals surface area contributed by atoms with Crippen molar-refractivity contribution in [3.8, 4) is 27.9 Å². The van der Waals surface area contributed by atoms with Crippen molar-refractivity contribution < 1.29 is 8.42 Å². The van der Waals surface area contributed by atoms with E-state index >= 15 is 0 Å². The Morgan fingerprint density at radius 2 is 0.937 bits per heavy atom. The molecular weight excluding hydrogens is 789 g/mol. The monoisotopic (exact) mass is 834 g/mol. The Labute approximate surface area is 369 Å². The van der Waals surface area contributed by atoms with Crippen LogP contribution >= 0.6 is 0 Å². The van der Waals surface area contributed by atoms with E-state index in [9.17, 15) is 8.42 Å². The van der Waals surface area contributed by atoms with Crippen LogP contribution < -0.4 is 4.90 Å². The number of aromatic nitrogens is 1. The molecule has 1 aromatic heterocycles. The molecule has 14 rings (SSSR count). The molecule has 5 heteroatoms. The van der Waals surface area contributed by atoms with Gasteiger partial charge in [-0.05, 0) is 162 Å². The van der Waals surface area contributed by atoms with Crippen LogP contribution in [0.1, 0.15) is 43.2 Å². The van der Waals surface area contributed by atoms with Crippen LogP contribution in [-0.4, -0.2) is 13.0 Å². The first-order chi connectivity index (χ1) is 30.9. The van der Waals surface area contributed by atoms with E-state index in [1.54, 1.807) is 0 Å². The molecule has 63 heavy (non-hydrogen) atoms. The molecule has 306 valence electrons. The average molecular weight is 835 g/mol. The second kappa shape index (κ2) is 13.9. The van der Waals surface area contributed by atoms with E-state index in [2.05, 4.69) is 179 Å². The fourth-order valence-corrected chi connectivity index (χ4v) is 14.8. The summed E-state index contributed by atoms with van der Waals surface area (Å²) >= 11 is 0. The topological polar surface area (TPSA) is 42.3 Å². The third-order valence-electron chi connectivity index (χ3n) is 15.4. The smallest absolute Gasteiger partial charge is 0.207 e. The Kier molecular flexibility index (Phi) is 8.15. The van der Waals surface area contributed by atoms with Gasteiger partial charge < -0.3 is 9.47 Å². The van der Waals surface area contributed by atoms with Gasteiger partial charge in [-0.2, -0.15) is 0 Å². The Morgan fingerprint density at radius 3 is 1.59 bits per heavy atom. The van der Waals surface area contributed by atoms with Gasteiger partial charge in [0.05, 0.1) is 20.8 Å². The minimum atomic E-state index is -3.72. The van der Waals surface area contributed by atoms with Crippen LogP contribution in [0.4, 0.5) is 17.1 Å². The molecule has 0 amide bonds. The highest BCUT2D eigenvalue weighted by atomic mass is 32.2. The fraction of sp³-hybridized carbons (Fsp3) is 0.172. The highest BCUT2D eigenvalue weighted by molar-refractivity contribution is 7.91. The number of para-hydroxylation sites is 2. The molecule has 0 atom stereocenters. The summed E-state index contributed by atoms with van der Waals surface area (Å²) in [7, 11) is -3.72. The number of nitrogens with zero attached hydrogens (tertiary/aromatic N) is 2. The number of sulfone groups is 1. The predicted molar refractivity (Wildman–Crippen MR) is 256 cm³/mol.